The van der Waals surface area contributed by atoms with Gasteiger partial charge < -0.3 is 10.6 Å². The van der Waals surface area contributed by atoms with E-state index in [-0.39, 0.29) is 0 Å². The van der Waals surface area contributed by atoms with Gasteiger partial charge in [-0.25, -0.2) is 0 Å². The number of nitrogens with zero attached hydrogens (tertiary/aromatic N) is 2. The highest BCUT2D eigenvalue weighted by molar-refractivity contribution is 5.41. The van der Waals surface area contributed by atoms with E-state index in [0.29, 0.717) is 0 Å². The Morgan fingerprint density at radius 2 is 2.25 bits per heavy atom. The van der Waals surface area contributed by atoms with Gasteiger partial charge in [0.05, 0.1) is 11.4 Å². The number of likely N-dealkylation sites (N-methyl/N-ethyl adjacent to an activating group) is 1. The molecule has 1 aromatic rings. The summed E-state index contributed by atoms with van der Waals surface area (Å²) in [5.74, 6) is 0. The molecule has 12 heavy (non-hydrogen) atoms. The Morgan fingerprint density at radius 1 is 1.50 bits per heavy atom. The maximum Gasteiger partial charge on any atom is 0.0645 e. The van der Waals surface area contributed by atoms with Crippen molar-refractivity contribution >= 4 is 5.69 Å². The Hall–Kier alpha value is -1.09. The molecule has 0 aliphatic heterocycles. The molecule has 0 aromatic carbocycles. The van der Waals surface area contributed by atoms with E-state index in [4.69, 9.17) is 5.73 Å². The minimum Gasteiger partial charge on any atom is -0.397 e. The quantitative estimate of drug-likeness (QED) is 0.719. The summed E-state index contributed by atoms with van der Waals surface area (Å²) in [6, 6.07) is 3.74. The van der Waals surface area contributed by atoms with Crippen molar-refractivity contribution in [2.24, 2.45) is 0 Å². The third-order valence-corrected chi connectivity index (χ3v) is 1.72. The maximum atomic E-state index is 5.73. The first-order chi connectivity index (χ1) is 5.70. The lowest BCUT2D eigenvalue weighted by Crippen LogP contribution is -2.16. The molecule has 0 atom stereocenters. The monoisotopic (exact) mass is 165 g/mol. The van der Waals surface area contributed by atoms with Crippen LogP contribution in [0.25, 0.3) is 0 Å². The van der Waals surface area contributed by atoms with Crippen LogP contribution in [0.1, 0.15) is 5.69 Å². The lowest BCUT2D eigenvalue weighted by Gasteiger charge is -2.09. The van der Waals surface area contributed by atoms with Crippen molar-refractivity contribution in [2.45, 2.75) is 6.42 Å². The van der Waals surface area contributed by atoms with Gasteiger partial charge in [-0.05, 0) is 26.2 Å². The second kappa shape index (κ2) is 4.07. The van der Waals surface area contributed by atoms with Gasteiger partial charge >= 0.3 is 0 Å². The molecule has 0 bridgehead atoms. The summed E-state index contributed by atoms with van der Waals surface area (Å²) in [6.07, 6.45) is 2.70. The molecule has 0 aliphatic carbocycles. The van der Waals surface area contributed by atoms with Crippen LogP contribution in [0.3, 0.4) is 0 Å². The van der Waals surface area contributed by atoms with Gasteiger partial charge in [-0.1, -0.05) is 0 Å². The average Bonchev–Trinajstić information content (AvgIpc) is 2.03. The fourth-order valence-corrected chi connectivity index (χ4v) is 0.989. The average molecular weight is 165 g/mol. The lowest BCUT2D eigenvalue weighted by atomic mass is 10.2. The Bertz CT molecular complexity index is 245. The van der Waals surface area contributed by atoms with Crippen LogP contribution in [0.5, 0.6) is 0 Å². The molecule has 0 spiro atoms. The van der Waals surface area contributed by atoms with Gasteiger partial charge in [0, 0.05) is 19.2 Å². The van der Waals surface area contributed by atoms with Gasteiger partial charge in [0.25, 0.3) is 0 Å². The molecule has 1 rings (SSSR count). The zero-order valence-corrected chi connectivity index (χ0v) is 7.62. The predicted octanol–water partition coefficient (Wildman–Crippen LogP) is 0.768. The van der Waals surface area contributed by atoms with Crippen molar-refractivity contribution in [2.75, 3.05) is 26.4 Å². The third kappa shape index (κ3) is 2.51. The zero-order chi connectivity index (χ0) is 8.97. The number of nitrogen functional groups attached to an aromatic ring is 1. The minimum absolute atomic E-state index is 0.791. The highest BCUT2D eigenvalue weighted by atomic mass is 15.0. The smallest absolute Gasteiger partial charge is 0.0645 e. The van der Waals surface area contributed by atoms with Crippen LogP contribution in [-0.4, -0.2) is 30.5 Å². The normalized spacial score (nSPS) is 10.6. The number of hydrogen-bond acceptors (Lipinski definition) is 3. The van der Waals surface area contributed by atoms with Crippen molar-refractivity contribution in [3.05, 3.63) is 24.0 Å². The topological polar surface area (TPSA) is 42.2 Å². The van der Waals surface area contributed by atoms with Gasteiger partial charge in [0.2, 0.25) is 0 Å². The van der Waals surface area contributed by atoms with Crippen molar-refractivity contribution in [3.63, 3.8) is 0 Å². The van der Waals surface area contributed by atoms with E-state index < -0.39 is 0 Å². The van der Waals surface area contributed by atoms with Crippen LogP contribution >= 0.6 is 0 Å². The Balaban J connectivity index is 2.57. The van der Waals surface area contributed by atoms with E-state index in [1.165, 1.54) is 0 Å². The summed E-state index contributed by atoms with van der Waals surface area (Å²) in [4.78, 5) is 6.32. The maximum absolute atomic E-state index is 5.73. The van der Waals surface area contributed by atoms with Gasteiger partial charge in [-0.15, -0.1) is 0 Å². The number of aromatic nitrogens is 1. The number of pyridine rings is 1. The molecule has 2 N–H and O–H groups in total. The summed E-state index contributed by atoms with van der Waals surface area (Å²) < 4.78 is 0. The molecule has 0 saturated heterocycles. The molecule has 0 saturated carbocycles. The van der Waals surface area contributed by atoms with Gasteiger partial charge in [0.15, 0.2) is 0 Å². The first-order valence-corrected chi connectivity index (χ1v) is 4.04. The summed E-state index contributed by atoms with van der Waals surface area (Å²) in [5, 5.41) is 0. The highest BCUT2D eigenvalue weighted by Gasteiger charge is 1.99. The number of anilines is 1. The number of hydrogen-bond donors (Lipinski definition) is 1. The Labute approximate surface area is 73.2 Å². The molecule has 0 amide bonds. The van der Waals surface area contributed by atoms with Crippen LogP contribution in [0.4, 0.5) is 5.69 Å². The molecule has 1 heterocycles. The van der Waals surface area contributed by atoms with Crippen LogP contribution in [0.2, 0.25) is 0 Å². The molecular formula is C9H15N3. The molecule has 1 aromatic heterocycles. The largest absolute Gasteiger partial charge is 0.397 e. The van der Waals surface area contributed by atoms with Crippen LogP contribution in [-0.2, 0) is 6.42 Å². The molecule has 3 nitrogen and oxygen atoms in total. The van der Waals surface area contributed by atoms with E-state index in [1.807, 2.05) is 26.2 Å². The van der Waals surface area contributed by atoms with E-state index >= 15 is 0 Å². The molecule has 0 fully saturated rings. The van der Waals surface area contributed by atoms with E-state index in [1.54, 1.807) is 6.20 Å². The predicted molar refractivity (Wildman–Crippen MR) is 50.9 cm³/mol. The summed E-state index contributed by atoms with van der Waals surface area (Å²) in [6.45, 7) is 0.987. The fourth-order valence-electron chi connectivity index (χ4n) is 0.989. The van der Waals surface area contributed by atoms with Crippen LogP contribution < -0.4 is 5.73 Å². The van der Waals surface area contributed by atoms with Crippen molar-refractivity contribution in [1.82, 2.24) is 9.88 Å². The first kappa shape index (κ1) is 9.00. The SMILES string of the molecule is CN(C)CCc1ncccc1N. The van der Waals surface area contributed by atoms with Crippen LogP contribution in [0.15, 0.2) is 18.3 Å². The van der Waals surface area contributed by atoms with E-state index in [2.05, 4.69) is 9.88 Å². The van der Waals surface area contributed by atoms with E-state index in [9.17, 15) is 0 Å². The molecule has 66 valence electrons. The third-order valence-electron chi connectivity index (χ3n) is 1.72. The highest BCUT2D eigenvalue weighted by Crippen LogP contribution is 2.07. The van der Waals surface area contributed by atoms with Crippen molar-refractivity contribution in [1.29, 1.82) is 0 Å². The summed E-state index contributed by atoms with van der Waals surface area (Å²) in [7, 11) is 4.08. The molecule has 3 heteroatoms. The Morgan fingerprint density at radius 3 is 2.83 bits per heavy atom. The van der Waals surface area contributed by atoms with Gasteiger partial charge in [0.1, 0.15) is 0 Å². The number of nitrogens with two attached hydrogens (primary N) is 1. The molecular weight excluding hydrogens is 150 g/mol. The second-order valence-corrected chi connectivity index (χ2v) is 3.09. The van der Waals surface area contributed by atoms with E-state index in [0.717, 1.165) is 24.3 Å². The summed E-state index contributed by atoms with van der Waals surface area (Å²) >= 11 is 0. The first-order valence-electron chi connectivity index (χ1n) is 4.04. The lowest BCUT2D eigenvalue weighted by molar-refractivity contribution is 0.412. The fraction of sp³-hybridized carbons (Fsp3) is 0.444. The van der Waals surface area contributed by atoms with Crippen molar-refractivity contribution < 1.29 is 0 Å². The standard InChI is InChI=1S/C9H15N3/c1-12(2)7-5-9-8(10)4-3-6-11-9/h3-4,6H,5,7,10H2,1-2H3. The Kier molecular flexibility index (Phi) is 3.05. The second-order valence-electron chi connectivity index (χ2n) is 3.09. The van der Waals surface area contributed by atoms with Crippen LogP contribution in [0, 0.1) is 0 Å². The molecule has 0 unspecified atom stereocenters. The minimum atomic E-state index is 0.791. The van der Waals surface area contributed by atoms with Gasteiger partial charge in [-0.3, -0.25) is 4.98 Å². The summed E-state index contributed by atoms with van der Waals surface area (Å²) in [5.41, 5.74) is 7.51. The van der Waals surface area contributed by atoms with Crippen molar-refractivity contribution in [3.8, 4) is 0 Å². The van der Waals surface area contributed by atoms with Gasteiger partial charge in [-0.2, -0.15) is 0 Å². The molecule has 0 radical (unpaired) electrons. The number of rotatable bonds is 3. The zero-order valence-electron chi connectivity index (χ0n) is 7.62. The molecule has 0 aliphatic rings.